The Labute approximate surface area is 159 Å². The lowest BCUT2D eigenvalue weighted by Gasteiger charge is -2.25. The molecule has 2 amide bonds. The smallest absolute Gasteiger partial charge is 0.255 e. The molecule has 142 valence electrons. The predicted octanol–water partition coefficient (Wildman–Crippen LogP) is 2.55. The van der Waals surface area contributed by atoms with E-state index in [9.17, 15) is 9.59 Å². The van der Waals surface area contributed by atoms with E-state index in [0.29, 0.717) is 31.0 Å². The van der Waals surface area contributed by atoms with Gasteiger partial charge >= 0.3 is 0 Å². The Morgan fingerprint density at radius 2 is 1.85 bits per heavy atom. The van der Waals surface area contributed by atoms with Crippen LogP contribution in [0.4, 0.5) is 0 Å². The number of fused-ring (bicyclic) bond motifs is 1. The summed E-state index contributed by atoms with van der Waals surface area (Å²) in [5, 5.41) is 2.92. The first kappa shape index (κ1) is 18.9. The SMILES string of the molecule is COCCCNC(=O)C1c2ccccc2C(=O)N1Cc1ccccc1OC. The van der Waals surface area contributed by atoms with Gasteiger partial charge in [-0.2, -0.15) is 0 Å². The average Bonchev–Trinajstić information content (AvgIpc) is 2.98. The van der Waals surface area contributed by atoms with Crippen LogP contribution in [0.5, 0.6) is 5.75 Å². The van der Waals surface area contributed by atoms with E-state index in [4.69, 9.17) is 9.47 Å². The van der Waals surface area contributed by atoms with Gasteiger partial charge in [0.1, 0.15) is 11.8 Å². The molecule has 3 rings (SSSR count). The number of carbonyl (C=O) groups is 2. The van der Waals surface area contributed by atoms with Crippen LogP contribution in [0.25, 0.3) is 0 Å². The van der Waals surface area contributed by atoms with Gasteiger partial charge in [-0.3, -0.25) is 9.59 Å². The van der Waals surface area contributed by atoms with Crippen molar-refractivity contribution in [3.8, 4) is 5.75 Å². The predicted molar refractivity (Wildman–Crippen MR) is 102 cm³/mol. The molecule has 2 aromatic carbocycles. The maximum Gasteiger partial charge on any atom is 0.255 e. The van der Waals surface area contributed by atoms with Crippen LogP contribution in [0.3, 0.4) is 0 Å². The van der Waals surface area contributed by atoms with Gasteiger partial charge in [0.2, 0.25) is 5.91 Å². The third-order valence-electron chi connectivity index (χ3n) is 4.66. The first-order chi connectivity index (χ1) is 13.2. The second-order valence-corrected chi connectivity index (χ2v) is 6.37. The number of hydrogen-bond donors (Lipinski definition) is 1. The lowest BCUT2D eigenvalue weighted by Crippen LogP contribution is -2.39. The number of ether oxygens (including phenoxy) is 2. The van der Waals surface area contributed by atoms with E-state index in [0.717, 1.165) is 17.5 Å². The van der Waals surface area contributed by atoms with Gasteiger partial charge < -0.3 is 19.7 Å². The summed E-state index contributed by atoms with van der Waals surface area (Å²) in [7, 11) is 3.22. The first-order valence-corrected chi connectivity index (χ1v) is 8.95. The monoisotopic (exact) mass is 368 g/mol. The molecule has 1 unspecified atom stereocenters. The summed E-state index contributed by atoms with van der Waals surface area (Å²) in [5.41, 5.74) is 2.17. The van der Waals surface area contributed by atoms with Gasteiger partial charge in [-0.05, 0) is 24.1 Å². The van der Waals surface area contributed by atoms with E-state index in [1.54, 1.807) is 25.2 Å². The molecule has 1 aliphatic rings. The van der Waals surface area contributed by atoms with Crippen LogP contribution >= 0.6 is 0 Å². The quantitative estimate of drug-likeness (QED) is 0.727. The van der Waals surface area contributed by atoms with E-state index in [1.165, 1.54) is 0 Å². The summed E-state index contributed by atoms with van der Waals surface area (Å²) < 4.78 is 10.4. The first-order valence-electron chi connectivity index (χ1n) is 8.95. The van der Waals surface area contributed by atoms with Crippen molar-refractivity contribution in [3.63, 3.8) is 0 Å². The van der Waals surface area contributed by atoms with Crippen LogP contribution in [0, 0.1) is 0 Å². The number of benzene rings is 2. The highest BCUT2D eigenvalue weighted by Crippen LogP contribution is 2.36. The molecule has 1 aliphatic heterocycles. The molecule has 0 saturated carbocycles. The summed E-state index contributed by atoms with van der Waals surface area (Å²) in [6, 6.07) is 14.2. The fourth-order valence-corrected chi connectivity index (χ4v) is 3.36. The maximum absolute atomic E-state index is 13.0. The van der Waals surface area contributed by atoms with E-state index < -0.39 is 6.04 Å². The normalized spacial score (nSPS) is 15.6. The Bertz CT molecular complexity index is 821. The Morgan fingerprint density at radius 3 is 2.63 bits per heavy atom. The molecule has 0 saturated heterocycles. The zero-order valence-corrected chi connectivity index (χ0v) is 15.6. The van der Waals surface area contributed by atoms with Crippen LogP contribution in [0.1, 0.15) is 33.9 Å². The topological polar surface area (TPSA) is 67.9 Å². The molecule has 6 nitrogen and oxygen atoms in total. The molecule has 0 bridgehead atoms. The lowest BCUT2D eigenvalue weighted by molar-refractivity contribution is -0.125. The molecule has 1 atom stereocenters. The van der Waals surface area contributed by atoms with Crippen LogP contribution < -0.4 is 10.1 Å². The molecule has 2 aromatic rings. The van der Waals surface area contributed by atoms with Crippen molar-refractivity contribution >= 4 is 11.8 Å². The van der Waals surface area contributed by atoms with Crippen LogP contribution in [0.2, 0.25) is 0 Å². The summed E-state index contributed by atoms with van der Waals surface area (Å²) in [6.07, 6.45) is 0.719. The minimum absolute atomic E-state index is 0.145. The van der Waals surface area contributed by atoms with E-state index >= 15 is 0 Å². The van der Waals surface area contributed by atoms with Crippen molar-refractivity contribution < 1.29 is 19.1 Å². The van der Waals surface area contributed by atoms with Crippen molar-refractivity contribution in [1.82, 2.24) is 10.2 Å². The minimum atomic E-state index is -0.652. The van der Waals surface area contributed by atoms with Crippen LogP contribution in [-0.4, -0.2) is 44.1 Å². The van der Waals surface area contributed by atoms with Crippen molar-refractivity contribution in [2.75, 3.05) is 27.4 Å². The number of nitrogens with zero attached hydrogens (tertiary/aromatic N) is 1. The highest BCUT2D eigenvalue weighted by molar-refractivity contribution is 6.04. The van der Waals surface area contributed by atoms with Crippen LogP contribution in [0.15, 0.2) is 48.5 Å². The molecule has 0 aliphatic carbocycles. The van der Waals surface area contributed by atoms with Gasteiger partial charge in [0.15, 0.2) is 0 Å². The highest BCUT2D eigenvalue weighted by Gasteiger charge is 2.40. The molecular weight excluding hydrogens is 344 g/mol. The van der Waals surface area contributed by atoms with E-state index in [-0.39, 0.29) is 11.8 Å². The standard InChI is InChI=1S/C21H24N2O4/c1-26-13-7-12-22-20(24)19-16-9-4-5-10-17(16)21(25)23(19)14-15-8-3-6-11-18(15)27-2/h3-6,8-11,19H,7,12-14H2,1-2H3,(H,22,24). The van der Waals surface area contributed by atoms with Crippen molar-refractivity contribution in [3.05, 3.63) is 65.2 Å². The Morgan fingerprint density at radius 1 is 1.11 bits per heavy atom. The van der Waals surface area contributed by atoms with E-state index in [1.807, 2.05) is 42.5 Å². The average molecular weight is 368 g/mol. The molecule has 27 heavy (non-hydrogen) atoms. The summed E-state index contributed by atoms with van der Waals surface area (Å²) in [6.45, 7) is 1.38. The zero-order chi connectivity index (χ0) is 19.2. The van der Waals surface area contributed by atoms with Gasteiger partial charge in [0.05, 0.1) is 13.7 Å². The molecular formula is C21H24N2O4. The third-order valence-corrected chi connectivity index (χ3v) is 4.66. The number of hydrogen-bond acceptors (Lipinski definition) is 4. The minimum Gasteiger partial charge on any atom is -0.496 e. The van der Waals surface area contributed by atoms with E-state index in [2.05, 4.69) is 5.32 Å². The molecule has 6 heteroatoms. The van der Waals surface area contributed by atoms with Gasteiger partial charge in [-0.1, -0.05) is 36.4 Å². The van der Waals surface area contributed by atoms with Gasteiger partial charge in [0.25, 0.3) is 5.91 Å². The number of nitrogens with one attached hydrogen (secondary N) is 1. The third kappa shape index (κ3) is 3.95. The van der Waals surface area contributed by atoms with Crippen LogP contribution in [-0.2, 0) is 16.1 Å². The zero-order valence-electron chi connectivity index (χ0n) is 15.6. The Balaban J connectivity index is 1.86. The van der Waals surface area contributed by atoms with Gasteiger partial charge in [-0.25, -0.2) is 0 Å². The Hall–Kier alpha value is -2.86. The molecule has 1 heterocycles. The number of para-hydroxylation sites is 1. The molecule has 1 N–H and O–H groups in total. The van der Waals surface area contributed by atoms with Gasteiger partial charge in [0, 0.05) is 31.4 Å². The largest absolute Gasteiger partial charge is 0.496 e. The number of methoxy groups -OCH3 is 2. The molecule has 0 radical (unpaired) electrons. The fourth-order valence-electron chi connectivity index (χ4n) is 3.36. The maximum atomic E-state index is 13.0. The Kier molecular flexibility index (Phi) is 6.08. The van der Waals surface area contributed by atoms with Crippen molar-refractivity contribution in [2.45, 2.75) is 19.0 Å². The van der Waals surface area contributed by atoms with Crippen molar-refractivity contribution in [1.29, 1.82) is 0 Å². The lowest BCUT2D eigenvalue weighted by atomic mass is 10.0. The number of amides is 2. The molecule has 0 aromatic heterocycles. The molecule has 0 spiro atoms. The van der Waals surface area contributed by atoms with Crippen molar-refractivity contribution in [2.24, 2.45) is 0 Å². The fraction of sp³-hybridized carbons (Fsp3) is 0.333. The second-order valence-electron chi connectivity index (χ2n) is 6.37. The summed E-state index contributed by atoms with van der Waals surface area (Å²) in [4.78, 5) is 27.5. The molecule has 0 fully saturated rings. The number of rotatable bonds is 8. The second kappa shape index (κ2) is 8.68. The highest BCUT2D eigenvalue weighted by atomic mass is 16.5. The summed E-state index contributed by atoms with van der Waals surface area (Å²) >= 11 is 0. The summed E-state index contributed by atoms with van der Waals surface area (Å²) in [5.74, 6) is 0.369. The number of carbonyl (C=O) groups excluding carboxylic acids is 2. The van der Waals surface area contributed by atoms with Gasteiger partial charge in [-0.15, -0.1) is 0 Å².